The van der Waals surface area contributed by atoms with Crippen LogP contribution in [0.5, 0.6) is 0 Å². The van der Waals surface area contributed by atoms with Crippen LogP contribution in [0.2, 0.25) is 0 Å². The third kappa shape index (κ3) is 0.814. The first-order chi connectivity index (χ1) is 4.83. The number of carbonyl (C=O) groups is 1. The zero-order valence-corrected chi connectivity index (χ0v) is 5.85. The molecule has 2 fully saturated rings. The van der Waals surface area contributed by atoms with Gasteiger partial charge in [0, 0.05) is 13.1 Å². The van der Waals surface area contributed by atoms with Gasteiger partial charge in [-0.1, -0.05) is 0 Å². The largest absolute Gasteiger partial charge is 0.464 e. The van der Waals surface area contributed by atoms with Crippen molar-refractivity contribution in [3.05, 3.63) is 0 Å². The Morgan fingerprint density at radius 3 is 3.00 bits per heavy atom. The Hall–Kier alpha value is -0.570. The summed E-state index contributed by atoms with van der Waals surface area (Å²) < 4.78 is 4.98. The fraction of sp³-hybridized carbons (Fsp3) is 0.857. The summed E-state index contributed by atoms with van der Waals surface area (Å²) in [6.45, 7) is 2.18. The highest BCUT2D eigenvalue weighted by molar-refractivity contribution is 5.80. The maximum Gasteiger partial charge on any atom is 0.313 e. The van der Waals surface area contributed by atoms with Gasteiger partial charge >= 0.3 is 5.97 Å². The molecule has 3 heteroatoms. The van der Waals surface area contributed by atoms with E-state index in [2.05, 4.69) is 5.32 Å². The lowest BCUT2D eigenvalue weighted by atomic mass is 10.1. The van der Waals surface area contributed by atoms with Gasteiger partial charge in [0.2, 0.25) is 0 Å². The Labute approximate surface area is 59.7 Å². The number of esters is 1. The van der Waals surface area contributed by atoms with E-state index in [9.17, 15) is 4.79 Å². The van der Waals surface area contributed by atoms with Gasteiger partial charge in [0.05, 0.1) is 5.41 Å². The normalized spacial score (nSPS) is 29.4. The molecule has 0 bridgehead atoms. The lowest BCUT2D eigenvalue weighted by Gasteiger charge is -2.06. The number of hydrogen-bond donors (Lipinski definition) is 1. The summed E-state index contributed by atoms with van der Waals surface area (Å²) in [6.07, 6.45) is 2.03. The molecular formula is C7H11NO2. The average Bonchev–Trinajstić information content (AvgIpc) is 2.69. The molecule has 1 spiro atoms. The van der Waals surface area contributed by atoms with E-state index >= 15 is 0 Å². The van der Waals surface area contributed by atoms with Crippen molar-refractivity contribution in [1.82, 2.24) is 5.32 Å². The van der Waals surface area contributed by atoms with Gasteiger partial charge in [-0.05, 0) is 12.8 Å². The fourth-order valence-electron chi connectivity index (χ4n) is 1.30. The first-order valence-electron chi connectivity index (χ1n) is 3.71. The number of carbonyl (C=O) groups excluding carboxylic acids is 1. The molecule has 3 nitrogen and oxygen atoms in total. The Morgan fingerprint density at radius 2 is 2.30 bits per heavy atom. The molecule has 2 aliphatic rings. The summed E-state index contributed by atoms with van der Waals surface area (Å²) in [4.78, 5) is 11.1. The molecule has 1 aliphatic heterocycles. The molecule has 0 aromatic rings. The van der Waals surface area contributed by atoms with Crippen LogP contribution < -0.4 is 5.32 Å². The molecule has 1 saturated heterocycles. The molecule has 1 N–H and O–H groups in total. The lowest BCUT2D eigenvalue weighted by Crippen LogP contribution is -2.26. The van der Waals surface area contributed by atoms with Crippen molar-refractivity contribution < 1.29 is 9.53 Å². The van der Waals surface area contributed by atoms with Gasteiger partial charge in [-0.2, -0.15) is 0 Å². The molecule has 1 heterocycles. The van der Waals surface area contributed by atoms with E-state index in [1.807, 2.05) is 0 Å². The van der Waals surface area contributed by atoms with Crippen molar-refractivity contribution in [1.29, 1.82) is 0 Å². The van der Waals surface area contributed by atoms with Gasteiger partial charge in [0.1, 0.15) is 6.61 Å². The van der Waals surface area contributed by atoms with E-state index in [1.54, 1.807) is 0 Å². The first kappa shape index (κ1) is 6.16. The monoisotopic (exact) mass is 141 g/mol. The molecule has 56 valence electrons. The Kier molecular flexibility index (Phi) is 1.20. The number of ether oxygens (including phenoxy) is 1. The van der Waals surface area contributed by atoms with Crippen LogP contribution in [0.15, 0.2) is 0 Å². The van der Waals surface area contributed by atoms with E-state index < -0.39 is 0 Å². The van der Waals surface area contributed by atoms with Gasteiger partial charge in [-0.25, -0.2) is 0 Å². The van der Waals surface area contributed by atoms with Gasteiger partial charge < -0.3 is 10.1 Å². The lowest BCUT2D eigenvalue weighted by molar-refractivity contribution is -0.148. The van der Waals surface area contributed by atoms with Gasteiger partial charge in [-0.15, -0.1) is 0 Å². The molecule has 1 saturated carbocycles. The van der Waals surface area contributed by atoms with E-state index in [1.165, 1.54) is 0 Å². The van der Waals surface area contributed by atoms with Gasteiger partial charge in [0.25, 0.3) is 0 Å². The maximum absolute atomic E-state index is 11.1. The molecular weight excluding hydrogens is 130 g/mol. The smallest absolute Gasteiger partial charge is 0.313 e. The Balaban J connectivity index is 2.09. The van der Waals surface area contributed by atoms with Crippen molar-refractivity contribution in [2.45, 2.75) is 12.8 Å². The third-order valence-corrected chi connectivity index (χ3v) is 2.26. The van der Waals surface area contributed by atoms with Crippen LogP contribution in [0, 0.1) is 5.41 Å². The maximum atomic E-state index is 11.1. The van der Waals surface area contributed by atoms with Gasteiger partial charge in [-0.3, -0.25) is 4.79 Å². The highest BCUT2D eigenvalue weighted by atomic mass is 16.5. The summed E-state index contributed by atoms with van der Waals surface area (Å²) in [7, 11) is 0. The molecule has 2 rings (SSSR count). The molecule has 0 radical (unpaired) electrons. The Morgan fingerprint density at radius 1 is 1.50 bits per heavy atom. The fourth-order valence-corrected chi connectivity index (χ4v) is 1.30. The Bertz CT molecular complexity index is 163. The topological polar surface area (TPSA) is 38.3 Å². The summed E-state index contributed by atoms with van der Waals surface area (Å²) in [5.74, 6) is 0.0116. The van der Waals surface area contributed by atoms with Crippen LogP contribution in [0.25, 0.3) is 0 Å². The van der Waals surface area contributed by atoms with Crippen LogP contribution >= 0.6 is 0 Å². The van der Waals surface area contributed by atoms with Crippen LogP contribution in [0.1, 0.15) is 12.8 Å². The van der Waals surface area contributed by atoms with Crippen molar-refractivity contribution >= 4 is 5.97 Å². The SMILES string of the molecule is O=C1OCCNCC12CC2. The second-order valence-corrected chi connectivity index (χ2v) is 3.09. The summed E-state index contributed by atoms with van der Waals surface area (Å²) in [5, 5.41) is 3.18. The first-order valence-corrected chi connectivity index (χ1v) is 3.71. The molecule has 0 aromatic carbocycles. The van der Waals surface area contributed by atoms with Crippen molar-refractivity contribution in [2.75, 3.05) is 19.7 Å². The number of cyclic esters (lactones) is 1. The van der Waals surface area contributed by atoms with Crippen molar-refractivity contribution in [2.24, 2.45) is 5.41 Å². The molecule has 0 amide bonds. The summed E-state index contributed by atoms with van der Waals surface area (Å²) in [6, 6.07) is 0. The quantitative estimate of drug-likeness (QED) is 0.479. The summed E-state index contributed by atoms with van der Waals surface area (Å²) >= 11 is 0. The molecule has 0 atom stereocenters. The molecule has 1 aliphatic carbocycles. The predicted molar refractivity (Wildman–Crippen MR) is 35.5 cm³/mol. The summed E-state index contributed by atoms with van der Waals surface area (Å²) in [5.41, 5.74) is -0.101. The number of hydrogen-bond acceptors (Lipinski definition) is 3. The van der Waals surface area contributed by atoms with E-state index in [-0.39, 0.29) is 11.4 Å². The highest BCUT2D eigenvalue weighted by Gasteiger charge is 2.51. The minimum atomic E-state index is -0.101. The van der Waals surface area contributed by atoms with Gasteiger partial charge in [0.15, 0.2) is 0 Å². The zero-order valence-electron chi connectivity index (χ0n) is 5.85. The highest BCUT2D eigenvalue weighted by Crippen LogP contribution is 2.46. The van der Waals surface area contributed by atoms with Crippen LogP contribution in [-0.2, 0) is 9.53 Å². The van der Waals surface area contributed by atoms with Crippen molar-refractivity contribution in [3.8, 4) is 0 Å². The van der Waals surface area contributed by atoms with E-state index in [0.717, 1.165) is 25.9 Å². The van der Waals surface area contributed by atoms with Crippen LogP contribution in [0.4, 0.5) is 0 Å². The van der Waals surface area contributed by atoms with E-state index in [0.29, 0.717) is 6.61 Å². The zero-order chi connectivity index (χ0) is 7.03. The number of nitrogens with one attached hydrogen (secondary N) is 1. The van der Waals surface area contributed by atoms with Crippen molar-refractivity contribution in [3.63, 3.8) is 0 Å². The standard InChI is InChI=1S/C7H11NO2/c9-6-7(1-2-7)5-8-3-4-10-6/h8H,1-5H2. The predicted octanol–water partition coefficient (Wildman–Crippen LogP) is -0.0870. The second-order valence-electron chi connectivity index (χ2n) is 3.09. The molecule has 0 aromatic heterocycles. The minimum Gasteiger partial charge on any atom is -0.464 e. The third-order valence-electron chi connectivity index (χ3n) is 2.26. The molecule has 10 heavy (non-hydrogen) atoms. The van der Waals surface area contributed by atoms with E-state index in [4.69, 9.17) is 4.74 Å². The minimum absolute atomic E-state index is 0.0116. The van der Waals surface area contributed by atoms with Crippen LogP contribution in [0.3, 0.4) is 0 Å². The average molecular weight is 141 g/mol. The van der Waals surface area contributed by atoms with Crippen LogP contribution in [-0.4, -0.2) is 25.7 Å². The molecule has 0 unspecified atom stereocenters. The second kappa shape index (κ2) is 1.95. The number of rotatable bonds is 0.